The average Bonchev–Trinajstić information content (AvgIpc) is 2.43. The summed E-state index contributed by atoms with van der Waals surface area (Å²) in [6.45, 7) is 7.12. The van der Waals surface area contributed by atoms with Gasteiger partial charge in [0.1, 0.15) is 0 Å². The molecule has 0 fully saturated rings. The molecule has 0 aliphatic carbocycles. The monoisotopic (exact) mass is 275 g/mol. The minimum atomic E-state index is 0.359. The van der Waals surface area contributed by atoms with Gasteiger partial charge in [-0.05, 0) is 12.0 Å². The van der Waals surface area contributed by atoms with Crippen LogP contribution in [0.5, 0.6) is 0 Å². The molecule has 0 N–H and O–H groups in total. The van der Waals surface area contributed by atoms with Crippen molar-refractivity contribution < 1.29 is 18.9 Å². The molecule has 7 heteroatoms. The van der Waals surface area contributed by atoms with Gasteiger partial charge in [0.2, 0.25) is 0 Å². The van der Waals surface area contributed by atoms with E-state index in [0.717, 1.165) is 19.4 Å². The fraction of sp³-hybridized carbons (Fsp3) is 1.00. The molecule has 0 aromatic carbocycles. The number of rotatable bonds is 15. The molecule has 19 heavy (non-hydrogen) atoms. The van der Waals surface area contributed by atoms with Gasteiger partial charge in [-0.15, -0.1) is 0 Å². The van der Waals surface area contributed by atoms with Gasteiger partial charge in [-0.2, -0.15) is 0 Å². The Hall–Kier alpha value is -0.850. The Labute approximate surface area is 114 Å². The molecule has 0 saturated heterocycles. The molecule has 0 aliphatic heterocycles. The summed E-state index contributed by atoms with van der Waals surface area (Å²) in [6.07, 6.45) is 2.25. The maximum atomic E-state index is 8.03. The summed E-state index contributed by atoms with van der Waals surface area (Å²) in [6, 6.07) is 0. The third kappa shape index (κ3) is 17.1. The van der Waals surface area contributed by atoms with Crippen LogP contribution in [0.3, 0.4) is 0 Å². The molecule has 0 bridgehead atoms. The first-order chi connectivity index (χ1) is 9.41. The van der Waals surface area contributed by atoms with Crippen LogP contribution in [0.15, 0.2) is 5.11 Å². The molecule has 0 amide bonds. The summed E-state index contributed by atoms with van der Waals surface area (Å²) in [5.41, 5.74) is 8.03. The van der Waals surface area contributed by atoms with E-state index >= 15 is 0 Å². The summed E-state index contributed by atoms with van der Waals surface area (Å²) < 4.78 is 21.1. The zero-order valence-electron chi connectivity index (χ0n) is 11.8. The number of unbranched alkanes of at least 4 members (excludes halogenated alkanes) is 1. The Kier molecular flexibility index (Phi) is 16.4. The molecule has 0 unspecified atom stereocenters. The van der Waals surface area contributed by atoms with Crippen molar-refractivity contribution in [1.29, 1.82) is 0 Å². The molecule has 0 aromatic heterocycles. The SMILES string of the molecule is CCCCOCCOCCOCCOCCN=[N+]=[N-]. The van der Waals surface area contributed by atoms with Gasteiger partial charge in [-0.3, -0.25) is 0 Å². The molecule has 0 aromatic rings. The van der Waals surface area contributed by atoms with Crippen molar-refractivity contribution in [2.45, 2.75) is 19.8 Å². The fourth-order valence-electron chi connectivity index (χ4n) is 1.16. The van der Waals surface area contributed by atoms with Crippen molar-refractivity contribution in [3.63, 3.8) is 0 Å². The van der Waals surface area contributed by atoms with Gasteiger partial charge in [0.25, 0.3) is 0 Å². The highest BCUT2D eigenvalue weighted by atomic mass is 16.6. The van der Waals surface area contributed by atoms with Crippen LogP contribution in [0.1, 0.15) is 19.8 Å². The maximum absolute atomic E-state index is 8.03. The number of ether oxygens (including phenoxy) is 4. The van der Waals surface area contributed by atoms with E-state index in [1.54, 1.807) is 0 Å². The zero-order chi connectivity index (χ0) is 14.0. The van der Waals surface area contributed by atoms with Crippen LogP contribution in [-0.4, -0.2) is 59.4 Å². The third-order valence-corrected chi connectivity index (χ3v) is 2.16. The first-order valence-electron chi connectivity index (χ1n) is 6.73. The van der Waals surface area contributed by atoms with E-state index in [2.05, 4.69) is 16.9 Å². The Morgan fingerprint density at radius 2 is 1.26 bits per heavy atom. The van der Waals surface area contributed by atoms with E-state index in [-0.39, 0.29) is 0 Å². The van der Waals surface area contributed by atoms with Gasteiger partial charge in [-0.25, -0.2) is 0 Å². The minimum Gasteiger partial charge on any atom is -0.379 e. The third-order valence-electron chi connectivity index (χ3n) is 2.16. The van der Waals surface area contributed by atoms with Crippen LogP contribution in [0, 0.1) is 0 Å². The van der Waals surface area contributed by atoms with Crippen molar-refractivity contribution in [1.82, 2.24) is 0 Å². The molecular formula is C12H25N3O4. The summed E-state index contributed by atoms with van der Waals surface area (Å²) >= 11 is 0. The van der Waals surface area contributed by atoms with Crippen LogP contribution < -0.4 is 0 Å². The molecule has 0 aliphatic rings. The normalized spacial score (nSPS) is 10.4. The molecule has 0 atom stereocenters. The van der Waals surface area contributed by atoms with Gasteiger partial charge in [-0.1, -0.05) is 18.5 Å². The van der Waals surface area contributed by atoms with Gasteiger partial charge < -0.3 is 18.9 Å². The summed E-state index contributed by atoms with van der Waals surface area (Å²) in [5.74, 6) is 0. The van der Waals surface area contributed by atoms with Gasteiger partial charge in [0.15, 0.2) is 0 Å². The maximum Gasteiger partial charge on any atom is 0.0701 e. The van der Waals surface area contributed by atoms with Crippen LogP contribution in [-0.2, 0) is 18.9 Å². The minimum absolute atomic E-state index is 0.359. The highest BCUT2D eigenvalue weighted by Gasteiger charge is 1.92. The fourth-order valence-corrected chi connectivity index (χ4v) is 1.16. The Bertz CT molecular complexity index is 223. The first kappa shape index (κ1) is 18.1. The molecule has 7 nitrogen and oxygen atoms in total. The van der Waals surface area contributed by atoms with E-state index in [1.165, 1.54) is 0 Å². The van der Waals surface area contributed by atoms with E-state index < -0.39 is 0 Å². The molecule has 112 valence electrons. The Morgan fingerprint density at radius 1 is 0.789 bits per heavy atom. The lowest BCUT2D eigenvalue weighted by Crippen LogP contribution is -2.12. The van der Waals surface area contributed by atoms with E-state index in [1.807, 2.05) is 0 Å². The number of nitrogens with zero attached hydrogens (tertiary/aromatic N) is 3. The predicted molar refractivity (Wildman–Crippen MR) is 72.2 cm³/mol. The van der Waals surface area contributed by atoms with Crippen molar-refractivity contribution in [3.8, 4) is 0 Å². The largest absolute Gasteiger partial charge is 0.379 e. The van der Waals surface area contributed by atoms with Crippen molar-refractivity contribution in [2.75, 3.05) is 59.4 Å². The van der Waals surface area contributed by atoms with Crippen molar-refractivity contribution in [2.24, 2.45) is 5.11 Å². The molecular weight excluding hydrogens is 250 g/mol. The van der Waals surface area contributed by atoms with E-state index in [0.29, 0.717) is 52.8 Å². The number of hydrogen-bond acceptors (Lipinski definition) is 5. The molecule has 0 heterocycles. The summed E-state index contributed by atoms with van der Waals surface area (Å²) in [5, 5.41) is 3.35. The molecule has 0 radical (unpaired) electrons. The average molecular weight is 275 g/mol. The van der Waals surface area contributed by atoms with E-state index in [4.69, 9.17) is 24.5 Å². The summed E-state index contributed by atoms with van der Waals surface area (Å²) in [7, 11) is 0. The predicted octanol–water partition coefficient (Wildman–Crippen LogP) is 2.16. The second kappa shape index (κ2) is 17.2. The topological polar surface area (TPSA) is 85.7 Å². The standard InChI is InChI=1S/C12H25N3O4/c1-2-3-5-16-7-9-18-11-12-19-10-8-17-6-4-14-15-13/h2-12H2,1H3. The van der Waals surface area contributed by atoms with Crippen molar-refractivity contribution in [3.05, 3.63) is 10.4 Å². The number of azide groups is 1. The lowest BCUT2D eigenvalue weighted by Gasteiger charge is -2.06. The van der Waals surface area contributed by atoms with Crippen LogP contribution >= 0.6 is 0 Å². The van der Waals surface area contributed by atoms with E-state index in [9.17, 15) is 0 Å². The molecule has 0 rings (SSSR count). The quantitative estimate of drug-likeness (QED) is 0.198. The lowest BCUT2D eigenvalue weighted by atomic mass is 10.4. The van der Waals surface area contributed by atoms with Crippen molar-refractivity contribution >= 4 is 0 Å². The zero-order valence-corrected chi connectivity index (χ0v) is 11.8. The second-order valence-electron chi connectivity index (χ2n) is 3.76. The molecule has 0 spiro atoms. The Balaban J connectivity index is 2.93. The Morgan fingerprint density at radius 3 is 1.74 bits per heavy atom. The lowest BCUT2D eigenvalue weighted by molar-refractivity contribution is -0.00123. The van der Waals surface area contributed by atoms with Crippen LogP contribution in [0.25, 0.3) is 10.4 Å². The van der Waals surface area contributed by atoms with Gasteiger partial charge >= 0.3 is 0 Å². The smallest absolute Gasteiger partial charge is 0.0701 e. The molecule has 0 saturated carbocycles. The second-order valence-corrected chi connectivity index (χ2v) is 3.76. The highest BCUT2D eigenvalue weighted by Crippen LogP contribution is 1.88. The summed E-state index contributed by atoms with van der Waals surface area (Å²) in [4.78, 5) is 2.62. The van der Waals surface area contributed by atoms with Gasteiger partial charge in [0, 0.05) is 18.1 Å². The highest BCUT2D eigenvalue weighted by molar-refractivity contribution is 4.44. The number of hydrogen-bond donors (Lipinski definition) is 0. The van der Waals surface area contributed by atoms with Crippen LogP contribution in [0.2, 0.25) is 0 Å². The van der Waals surface area contributed by atoms with Crippen LogP contribution in [0.4, 0.5) is 0 Å². The first-order valence-corrected chi connectivity index (χ1v) is 6.73. The van der Waals surface area contributed by atoms with Gasteiger partial charge in [0.05, 0.1) is 46.2 Å².